The van der Waals surface area contributed by atoms with Gasteiger partial charge in [0.25, 0.3) is 0 Å². The Bertz CT molecular complexity index is 1180. The molecule has 4 nitrogen and oxygen atoms in total. The Morgan fingerprint density at radius 2 is 1.66 bits per heavy atom. The summed E-state index contributed by atoms with van der Waals surface area (Å²) in [6.07, 6.45) is 0. The average Bonchev–Trinajstić information content (AvgIpc) is 3.13. The fourth-order valence-corrected chi connectivity index (χ4v) is 4.64. The van der Waals surface area contributed by atoms with Crippen molar-refractivity contribution < 1.29 is 9.53 Å². The van der Waals surface area contributed by atoms with Gasteiger partial charge in [0, 0.05) is 11.1 Å². The molecule has 0 bridgehead atoms. The van der Waals surface area contributed by atoms with Crippen LogP contribution in [0.5, 0.6) is 11.5 Å². The summed E-state index contributed by atoms with van der Waals surface area (Å²) in [5, 5.41) is 3.66. The lowest BCUT2D eigenvalue weighted by Crippen LogP contribution is -2.24. The van der Waals surface area contributed by atoms with Crippen molar-refractivity contribution in [3.8, 4) is 11.5 Å². The molecule has 5 heteroatoms. The number of aromatic nitrogens is 1. The lowest BCUT2D eigenvalue weighted by Gasteiger charge is -2.27. The number of para-hydroxylation sites is 2. The molecule has 2 heterocycles. The molecule has 3 aromatic carbocycles. The molecule has 5 rings (SSSR count). The van der Waals surface area contributed by atoms with E-state index in [1.807, 2.05) is 54.6 Å². The zero-order chi connectivity index (χ0) is 20.0. The molecule has 1 N–H and O–H groups in total. The van der Waals surface area contributed by atoms with Gasteiger partial charge in [-0.3, -0.25) is 4.79 Å². The van der Waals surface area contributed by atoms with Gasteiger partial charge in [0.05, 0.1) is 16.1 Å². The van der Waals surface area contributed by atoms with Crippen LogP contribution in [-0.2, 0) is 4.79 Å². The summed E-state index contributed by atoms with van der Waals surface area (Å²) in [5.74, 6) is 1.36. The molecule has 0 atom stereocenters. The predicted molar refractivity (Wildman–Crippen MR) is 117 cm³/mol. The fourth-order valence-electron chi connectivity index (χ4n) is 3.72. The third-order valence-electron chi connectivity index (χ3n) is 5.25. The van der Waals surface area contributed by atoms with Crippen LogP contribution in [0.1, 0.15) is 42.4 Å². The second-order valence-corrected chi connectivity index (χ2v) is 8.53. The van der Waals surface area contributed by atoms with Crippen molar-refractivity contribution >= 4 is 32.6 Å². The standard InChI is InChI=1S/C24H20N2O2S/c1-14(2)15-11-12-18-21(13-15)29-24(25-18)26-23(27)22-16-7-3-5-9-19(16)28-20-10-6-4-8-17(20)22/h3-14,22H,1-2H3,(H,25,26,27). The van der Waals surface area contributed by atoms with Gasteiger partial charge < -0.3 is 10.1 Å². The predicted octanol–water partition coefficient (Wildman–Crippen LogP) is 6.30. The van der Waals surface area contributed by atoms with Gasteiger partial charge in [0.15, 0.2) is 5.13 Å². The van der Waals surface area contributed by atoms with Gasteiger partial charge in [-0.1, -0.05) is 67.6 Å². The number of nitrogens with zero attached hydrogens (tertiary/aromatic N) is 1. The molecule has 0 radical (unpaired) electrons. The van der Waals surface area contributed by atoms with E-state index in [-0.39, 0.29) is 5.91 Å². The smallest absolute Gasteiger partial charge is 0.238 e. The van der Waals surface area contributed by atoms with Gasteiger partial charge >= 0.3 is 0 Å². The van der Waals surface area contributed by atoms with E-state index in [0.29, 0.717) is 11.0 Å². The highest BCUT2D eigenvalue weighted by Gasteiger charge is 2.32. The number of carbonyl (C=O) groups excluding carboxylic acids is 1. The van der Waals surface area contributed by atoms with E-state index in [1.165, 1.54) is 16.9 Å². The number of benzene rings is 3. The van der Waals surface area contributed by atoms with E-state index in [4.69, 9.17) is 4.74 Å². The summed E-state index contributed by atoms with van der Waals surface area (Å²) < 4.78 is 7.08. The fraction of sp³-hybridized carbons (Fsp3) is 0.167. The minimum atomic E-state index is -0.436. The number of thiazole rings is 1. The highest BCUT2D eigenvalue weighted by atomic mass is 32.1. The zero-order valence-corrected chi connectivity index (χ0v) is 17.0. The first-order valence-electron chi connectivity index (χ1n) is 9.67. The Kier molecular flexibility index (Phi) is 4.32. The Labute approximate surface area is 173 Å². The lowest BCUT2D eigenvalue weighted by molar-refractivity contribution is -0.116. The van der Waals surface area contributed by atoms with Gasteiger partial charge in [-0.25, -0.2) is 4.98 Å². The van der Waals surface area contributed by atoms with E-state index in [9.17, 15) is 4.79 Å². The van der Waals surface area contributed by atoms with Crippen LogP contribution in [0.25, 0.3) is 10.2 Å². The van der Waals surface area contributed by atoms with Crippen LogP contribution in [-0.4, -0.2) is 10.9 Å². The molecule has 0 saturated heterocycles. The van der Waals surface area contributed by atoms with Gasteiger partial charge in [0.1, 0.15) is 11.5 Å². The van der Waals surface area contributed by atoms with Crippen LogP contribution in [0.2, 0.25) is 0 Å². The SMILES string of the molecule is CC(C)c1ccc2nc(NC(=O)C3c4ccccc4Oc4ccccc43)sc2c1. The van der Waals surface area contributed by atoms with Crippen molar-refractivity contribution in [1.82, 2.24) is 4.98 Å². The van der Waals surface area contributed by atoms with E-state index in [2.05, 4.69) is 36.3 Å². The molecule has 0 unspecified atom stereocenters. The van der Waals surface area contributed by atoms with Crippen LogP contribution in [0.4, 0.5) is 5.13 Å². The largest absolute Gasteiger partial charge is 0.457 e. The Morgan fingerprint density at radius 1 is 1.00 bits per heavy atom. The molecular formula is C24H20N2O2S. The van der Waals surface area contributed by atoms with Crippen molar-refractivity contribution in [2.24, 2.45) is 0 Å². The Hall–Kier alpha value is -3.18. The average molecular weight is 401 g/mol. The van der Waals surface area contributed by atoms with E-state index >= 15 is 0 Å². The maximum atomic E-state index is 13.3. The van der Waals surface area contributed by atoms with E-state index in [0.717, 1.165) is 32.8 Å². The zero-order valence-electron chi connectivity index (χ0n) is 16.2. The molecule has 1 amide bonds. The summed E-state index contributed by atoms with van der Waals surface area (Å²) in [5.41, 5.74) is 3.91. The van der Waals surface area contributed by atoms with E-state index in [1.54, 1.807) is 0 Å². The first-order valence-corrected chi connectivity index (χ1v) is 10.5. The number of anilines is 1. The molecule has 144 valence electrons. The third-order valence-corrected chi connectivity index (χ3v) is 6.19. The monoisotopic (exact) mass is 400 g/mol. The maximum Gasteiger partial charge on any atom is 0.238 e. The molecule has 0 aliphatic carbocycles. The third kappa shape index (κ3) is 3.17. The number of ether oxygens (including phenoxy) is 1. The summed E-state index contributed by atoms with van der Waals surface area (Å²) in [6, 6.07) is 21.7. The lowest BCUT2D eigenvalue weighted by atomic mass is 9.87. The molecular weight excluding hydrogens is 380 g/mol. The van der Waals surface area contributed by atoms with Crippen LogP contribution < -0.4 is 10.1 Å². The van der Waals surface area contributed by atoms with Gasteiger partial charge in [0.2, 0.25) is 5.91 Å². The van der Waals surface area contributed by atoms with Crippen LogP contribution in [0.15, 0.2) is 66.7 Å². The normalized spacial score (nSPS) is 13.1. The number of fused-ring (bicyclic) bond motifs is 3. The van der Waals surface area contributed by atoms with Crippen molar-refractivity contribution in [2.45, 2.75) is 25.7 Å². The Morgan fingerprint density at radius 3 is 2.31 bits per heavy atom. The first kappa shape index (κ1) is 17.9. The second-order valence-electron chi connectivity index (χ2n) is 7.50. The number of nitrogens with one attached hydrogen (secondary N) is 1. The summed E-state index contributed by atoms with van der Waals surface area (Å²) in [7, 11) is 0. The number of hydrogen-bond acceptors (Lipinski definition) is 4. The van der Waals surface area contributed by atoms with Crippen molar-refractivity contribution in [2.75, 3.05) is 5.32 Å². The number of carbonyl (C=O) groups is 1. The molecule has 4 aromatic rings. The van der Waals surface area contributed by atoms with Crippen molar-refractivity contribution in [1.29, 1.82) is 0 Å². The van der Waals surface area contributed by atoms with Crippen LogP contribution >= 0.6 is 11.3 Å². The van der Waals surface area contributed by atoms with Crippen molar-refractivity contribution in [3.05, 3.63) is 83.4 Å². The highest BCUT2D eigenvalue weighted by molar-refractivity contribution is 7.22. The quantitative estimate of drug-likeness (QED) is 0.439. The molecule has 1 aliphatic heterocycles. The summed E-state index contributed by atoms with van der Waals surface area (Å²) in [6.45, 7) is 4.34. The number of amides is 1. The summed E-state index contributed by atoms with van der Waals surface area (Å²) >= 11 is 1.51. The molecule has 0 spiro atoms. The topological polar surface area (TPSA) is 51.2 Å². The molecule has 1 aliphatic rings. The van der Waals surface area contributed by atoms with Gasteiger partial charge in [-0.05, 0) is 35.7 Å². The number of rotatable bonds is 3. The minimum Gasteiger partial charge on any atom is -0.457 e. The first-order chi connectivity index (χ1) is 14.1. The maximum absolute atomic E-state index is 13.3. The van der Waals surface area contributed by atoms with Crippen LogP contribution in [0, 0.1) is 0 Å². The molecule has 29 heavy (non-hydrogen) atoms. The molecule has 1 aromatic heterocycles. The van der Waals surface area contributed by atoms with E-state index < -0.39 is 5.92 Å². The second kappa shape index (κ2) is 7.01. The number of hydrogen-bond donors (Lipinski definition) is 1. The molecule has 0 fully saturated rings. The van der Waals surface area contributed by atoms with Gasteiger partial charge in [-0.2, -0.15) is 0 Å². The Balaban J connectivity index is 1.51. The van der Waals surface area contributed by atoms with Gasteiger partial charge in [-0.15, -0.1) is 0 Å². The van der Waals surface area contributed by atoms with Crippen molar-refractivity contribution in [3.63, 3.8) is 0 Å². The summed E-state index contributed by atoms with van der Waals surface area (Å²) in [4.78, 5) is 18.0. The van der Waals surface area contributed by atoms with Crippen LogP contribution in [0.3, 0.4) is 0 Å². The minimum absolute atomic E-state index is 0.101. The molecule has 0 saturated carbocycles. The highest BCUT2D eigenvalue weighted by Crippen LogP contribution is 2.44.